The third-order valence-corrected chi connectivity index (χ3v) is 7.02. The second-order valence-electron chi connectivity index (χ2n) is 8.63. The van der Waals surface area contributed by atoms with Crippen LogP contribution in [-0.4, -0.2) is 6.54 Å². The van der Waals surface area contributed by atoms with E-state index in [0.717, 1.165) is 30.2 Å². The zero-order valence-corrected chi connectivity index (χ0v) is 15.9. The fraction of sp³-hybridized carbons (Fsp3) is 1.00. The molecule has 2 atom stereocenters. The summed E-state index contributed by atoms with van der Waals surface area (Å²) in [6.07, 6.45) is 23.5. The van der Waals surface area contributed by atoms with E-state index in [-0.39, 0.29) is 0 Å². The molecule has 2 fully saturated rings. The molecule has 2 unspecified atom stereocenters. The summed E-state index contributed by atoms with van der Waals surface area (Å²) in [6, 6.07) is 0. The number of nitrogens with two attached hydrogens (primary N) is 1. The van der Waals surface area contributed by atoms with E-state index in [1.165, 1.54) is 103 Å². The highest BCUT2D eigenvalue weighted by atomic mass is 14.6. The minimum absolute atomic E-state index is 0.826. The third-order valence-electron chi connectivity index (χ3n) is 7.02. The van der Waals surface area contributed by atoms with Crippen molar-refractivity contribution in [2.24, 2.45) is 29.4 Å². The molecule has 0 aliphatic heterocycles. The van der Waals surface area contributed by atoms with E-state index in [2.05, 4.69) is 6.92 Å². The zero-order chi connectivity index (χ0) is 16.3. The van der Waals surface area contributed by atoms with Crippen molar-refractivity contribution in [1.82, 2.24) is 0 Å². The Hall–Kier alpha value is -0.0400. The maximum absolute atomic E-state index is 6.19. The fourth-order valence-electron chi connectivity index (χ4n) is 5.46. The largest absolute Gasteiger partial charge is 0.330 e. The van der Waals surface area contributed by atoms with Crippen molar-refractivity contribution in [1.29, 1.82) is 0 Å². The molecule has 136 valence electrons. The first-order chi connectivity index (χ1) is 11.3. The molecule has 1 nitrogen and oxygen atoms in total. The predicted octanol–water partition coefficient (Wildman–Crippen LogP) is 6.70. The molecule has 0 aromatic carbocycles. The molecule has 0 aromatic heterocycles. The van der Waals surface area contributed by atoms with Gasteiger partial charge in [-0.05, 0) is 43.1 Å². The van der Waals surface area contributed by atoms with E-state index >= 15 is 0 Å². The fourth-order valence-corrected chi connectivity index (χ4v) is 5.46. The Morgan fingerprint density at radius 1 is 0.696 bits per heavy atom. The van der Waals surface area contributed by atoms with Crippen molar-refractivity contribution < 1.29 is 0 Å². The van der Waals surface area contributed by atoms with Crippen LogP contribution < -0.4 is 5.73 Å². The monoisotopic (exact) mass is 321 g/mol. The lowest BCUT2D eigenvalue weighted by atomic mass is 9.72. The molecule has 2 N–H and O–H groups in total. The van der Waals surface area contributed by atoms with Crippen LogP contribution in [0.1, 0.15) is 110 Å². The van der Waals surface area contributed by atoms with Gasteiger partial charge < -0.3 is 5.73 Å². The van der Waals surface area contributed by atoms with Crippen molar-refractivity contribution in [3.63, 3.8) is 0 Å². The molecule has 0 amide bonds. The Bertz CT molecular complexity index is 276. The quantitative estimate of drug-likeness (QED) is 0.445. The van der Waals surface area contributed by atoms with Crippen molar-refractivity contribution in [2.45, 2.75) is 110 Å². The van der Waals surface area contributed by atoms with Crippen LogP contribution in [0.2, 0.25) is 0 Å². The predicted molar refractivity (Wildman–Crippen MR) is 103 cm³/mol. The van der Waals surface area contributed by atoms with Crippen LogP contribution in [0.4, 0.5) is 0 Å². The van der Waals surface area contributed by atoms with Gasteiger partial charge in [-0.1, -0.05) is 96.8 Å². The zero-order valence-electron chi connectivity index (χ0n) is 15.9. The summed E-state index contributed by atoms with van der Waals surface area (Å²) in [5, 5.41) is 0. The van der Waals surface area contributed by atoms with Crippen molar-refractivity contribution in [3.05, 3.63) is 0 Å². The van der Waals surface area contributed by atoms with Gasteiger partial charge >= 0.3 is 0 Å². The van der Waals surface area contributed by atoms with Gasteiger partial charge in [-0.25, -0.2) is 0 Å². The SMILES string of the molecule is CCCCCC(CCC(CN)C1CCCCC1)C1CCCCC1. The van der Waals surface area contributed by atoms with Crippen LogP contribution in [0.25, 0.3) is 0 Å². The summed E-state index contributed by atoms with van der Waals surface area (Å²) >= 11 is 0. The van der Waals surface area contributed by atoms with E-state index in [4.69, 9.17) is 5.73 Å². The van der Waals surface area contributed by atoms with Gasteiger partial charge in [0, 0.05) is 0 Å². The number of hydrogen-bond donors (Lipinski definition) is 1. The molecule has 0 radical (unpaired) electrons. The highest BCUT2D eigenvalue weighted by molar-refractivity contribution is 4.79. The highest BCUT2D eigenvalue weighted by Crippen LogP contribution is 2.38. The number of hydrogen-bond acceptors (Lipinski definition) is 1. The molecule has 23 heavy (non-hydrogen) atoms. The summed E-state index contributed by atoms with van der Waals surface area (Å²) in [6.45, 7) is 3.28. The standard InChI is InChI=1S/C22H43N/c1-2-3-6-11-21(19-12-7-4-8-13-19)16-17-22(18-23)20-14-9-5-10-15-20/h19-22H,2-18,23H2,1H3. The van der Waals surface area contributed by atoms with Crippen molar-refractivity contribution in [3.8, 4) is 0 Å². The van der Waals surface area contributed by atoms with Crippen molar-refractivity contribution in [2.75, 3.05) is 6.54 Å². The molecule has 0 spiro atoms. The Morgan fingerprint density at radius 3 is 1.74 bits per heavy atom. The molecule has 0 aromatic rings. The van der Waals surface area contributed by atoms with Crippen LogP contribution in [0.5, 0.6) is 0 Å². The van der Waals surface area contributed by atoms with Crippen LogP contribution >= 0.6 is 0 Å². The van der Waals surface area contributed by atoms with Gasteiger partial charge in [0.25, 0.3) is 0 Å². The van der Waals surface area contributed by atoms with Gasteiger partial charge in [0.15, 0.2) is 0 Å². The Kier molecular flexibility index (Phi) is 9.65. The first-order valence-electron chi connectivity index (χ1n) is 11.0. The van der Waals surface area contributed by atoms with Crippen LogP contribution in [0.3, 0.4) is 0 Å². The molecular weight excluding hydrogens is 278 g/mol. The van der Waals surface area contributed by atoms with Gasteiger partial charge in [-0.3, -0.25) is 0 Å². The lowest BCUT2D eigenvalue weighted by Gasteiger charge is -2.34. The van der Waals surface area contributed by atoms with Crippen molar-refractivity contribution >= 4 is 0 Å². The lowest BCUT2D eigenvalue weighted by Crippen LogP contribution is -2.27. The summed E-state index contributed by atoms with van der Waals surface area (Å²) in [4.78, 5) is 0. The molecular formula is C22H43N. The minimum atomic E-state index is 0.826. The first-order valence-corrected chi connectivity index (χ1v) is 11.0. The number of unbranched alkanes of at least 4 members (excludes halogenated alkanes) is 2. The lowest BCUT2D eigenvalue weighted by molar-refractivity contribution is 0.181. The number of rotatable bonds is 10. The van der Waals surface area contributed by atoms with Gasteiger partial charge in [0.05, 0.1) is 0 Å². The summed E-state index contributed by atoms with van der Waals surface area (Å²) < 4.78 is 0. The second kappa shape index (κ2) is 11.5. The molecule has 1 heteroatoms. The molecule has 2 saturated carbocycles. The first kappa shape index (κ1) is 19.3. The average Bonchev–Trinajstić information content (AvgIpc) is 2.62. The molecule has 2 aliphatic rings. The van der Waals surface area contributed by atoms with Crippen LogP contribution in [-0.2, 0) is 0 Å². The Balaban J connectivity index is 1.81. The molecule has 0 bridgehead atoms. The smallest absolute Gasteiger partial charge is 0.00462 e. The third kappa shape index (κ3) is 6.77. The summed E-state index contributed by atoms with van der Waals surface area (Å²) in [5.41, 5.74) is 6.19. The van der Waals surface area contributed by atoms with E-state index in [1.54, 1.807) is 0 Å². The summed E-state index contributed by atoms with van der Waals surface area (Å²) in [5.74, 6) is 3.84. The van der Waals surface area contributed by atoms with Crippen LogP contribution in [0, 0.1) is 23.7 Å². The van der Waals surface area contributed by atoms with Crippen LogP contribution in [0.15, 0.2) is 0 Å². The Morgan fingerprint density at radius 2 is 1.22 bits per heavy atom. The van der Waals surface area contributed by atoms with Gasteiger partial charge in [0.1, 0.15) is 0 Å². The van der Waals surface area contributed by atoms with E-state index in [1.807, 2.05) is 0 Å². The van der Waals surface area contributed by atoms with Gasteiger partial charge in [0.2, 0.25) is 0 Å². The van der Waals surface area contributed by atoms with E-state index < -0.39 is 0 Å². The van der Waals surface area contributed by atoms with Gasteiger partial charge in [-0.2, -0.15) is 0 Å². The maximum atomic E-state index is 6.19. The molecule has 0 heterocycles. The highest BCUT2D eigenvalue weighted by Gasteiger charge is 2.27. The Labute approximate surface area is 146 Å². The maximum Gasteiger partial charge on any atom is -0.00462 e. The molecule has 2 rings (SSSR count). The minimum Gasteiger partial charge on any atom is -0.330 e. The molecule has 2 aliphatic carbocycles. The molecule has 0 saturated heterocycles. The normalized spacial score (nSPS) is 23.7. The van der Waals surface area contributed by atoms with Gasteiger partial charge in [-0.15, -0.1) is 0 Å². The topological polar surface area (TPSA) is 26.0 Å². The second-order valence-corrected chi connectivity index (χ2v) is 8.63. The average molecular weight is 322 g/mol. The summed E-state index contributed by atoms with van der Waals surface area (Å²) in [7, 11) is 0. The van der Waals surface area contributed by atoms with E-state index in [9.17, 15) is 0 Å². The van der Waals surface area contributed by atoms with E-state index in [0.29, 0.717) is 0 Å².